The van der Waals surface area contributed by atoms with E-state index in [-0.39, 0.29) is 6.54 Å². The normalized spacial score (nSPS) is 17.7. The second-order valence-electron chi connectivity index (χ2n) is 6.33. The van der Waals surface area contributed by atoms with Crippen LogP contribution in [-0.2, 0) is 15.2 Å². The number of hydrogen-bond donors (Lipinski definition) is 3. The molecule has 0 aromatic heterocycles. The Bertz CT molecular complexity index is 885. The Morgan fingerprint density at radius 2 is 1.93 bits per heavy atom. The zero-order valence-electron chi connectivity index (χ0n) is 15.7. The summed E-state index contributed by atoms with van der Waals surface area (Å²) in [4.78, 5) is 24.5. The van der Waals surface area contributed by atoms with Crippen LogP contribution in [0.1, 0.15) is 12.0 Å². The van der Waals surface area contributed by atoms with Crippen molar-refractivity contribution in [3.05, 3.63) is 48.0 Å². The largest absolute Gasteiger partial charge is 0.497 e. The van der Waals surface area contributed by atoms with Gasteiger partial charge in [0.1, 0.15) is 22.8 Å². The first-order valence-corrected chi connectivity index (χ1v) is 8.73. The third kappa shape index (κ3) is 4.01. The molecule has 1 aliphatic rings. The molecular formula is C20H22N2O6. The molecular weight excluding hydrogens is 364 g/mol. The number of para-hydroxylation sites is 1. The smallest absolute Gasteiger partial charge is 0.313 e. The summed E-state index contributed by atoms with van der Waals surface area (Å²) in [6.45, 7) is 0.200. The highest BCUT2D eigenvalue weighted by Gasteiger charge is 2.36. The minimum absolute atomic E-state index is 0.116. The topological polar surface area (TPSA) is 106 Å². The Morgan fingerprint density at radius 3 is 2.68 bits per heavy atom. The van der Waals surface area contributed by atoms with Crippen LogP contribution in [0.3, 0.4) is 0 Å². The maximum atomic E-state index is 12.3. The molecule has 0 bridgehead atoms. The van der Waals surface area contributed by atoms with E-state index in [4.69, 9.17) is 14.2 Å². The summed E-state index contributed by atoms with van der Waals surface area (Å²) in [5, 5.41) is 15.9. The van der Waals surface area contributed by atoms with Crippen LogP contribution in [0.2, 0.25) is 0 Å². The Hall–Kier alpha value is -3.26. The molecule has 0 fully saturated rings. The second kappa shape index (κ2) is 8.18. The van der Waals surface area contributed by atoms with Gasteiger partial charge >= 0.3 is 11.8 Å². The van der Waals surface area contributed by atoms with Crippen molar-refractivity contribution in [1.29, 1.82) is 0 Å². The molecule has 2 aromatic carbocycles. The number of amides is 2. The fourth-order valence-electron chi connectivity index (χ4n) is 3.02. The molecule has 2 amide bonds. The average Bonchev–Trinajstić information content (AvgIpc) is 2.72. The van der Waals surface area contributed by atoms with Gasteiger partial charge in [-0.1, -0.05) is 18.2 Å². The zero-order chi connectivity index (χ0) is 20.1. The number of hydrogen-bond acceptors (Lipinski definition) is 6. The van der Waals surface area contributed by atoms with Crippen LogP contribution in [0.5, 0.6) is 17.2 Å². The quantitative estimate of drug-likeness (QED) is 0.672. The van der Waals surface area contributed by atoms with Crippen molar-refractivity contribution in [2.45, 2.75) is 12.0 Å². The van der Waals surface area contributed by atoms with E-state index in [1.165, 1.54) is 14.2 Å². The van der Waals surface area contributed by atoms with Gasteiger partial charge in [0, 0.05) is 18.1 Å². The summed E-state index contributed by atoms with van der Waals surface area (Å²) in [6, 6.07) is 11.9. The number of aliphatic hydroxyl groups is 1. The van der Waals surface area contributed by atoms with Crippen LogP contribution in [0.4, 0.5) is 5.69 Å². The molecule has 1 aliphatic heterocycles. The molecule has 3 N–H and O–H groups in total. The lowest BCUT2D eigenvalue weighted by Crippen LogP contribution is -2.46. The van der Waals surface area contributed by atoms with Gasteiger partial charge in [-0.3, -0.25) is 9.59 Å². The Kier molecular flexibility index (Phi) is 5.70. The molecule has 1 atom stereocenters. The average molecular weight is 386 g/mol. The van der Waals surface area contributed by atoms with Crippen LogP contribution in [0.15, 0.2) is 42.5 Å². The van der Waals surface area contributed by atoms with Crippen LogP contribution in [0.25, 0.3) is 0 Å². The molecule has 8 heteroatoms. The van der Waals surface area contributed by atoms with Gasteiger partial charge in [0.05, 0.1) is 33.1 Å². The molecule has 28 heavy (non-hydrogen) atoms. The van der Waals surface area contributed by atoms with Crippen molar-refractivity contribution in [2.75, 3.05) is 32.7 Å². The Labute approximate surface area is 162 Å². The molecule has 0 aliphatic carbocycles. The first-order chi connectivity index (χ1) is 13.5. The van der Waals surface area contributed by atoms with Gasteiger partial charge in [0.15, 0.2) is 0 Å². The number of benzene rings is 2. The monoisotopic (exact) mass is 386 g/mol. The molecule has 1 unspecified atom stereocenters. The standard InChI is InChI=1S/C20H22N2O6/c1-26-13-7-8-17(27-2)15(11-13)22-19(24)18(23)21-12-20(25)9-10-28-16-6-4-3-5-14(16)20/h3-8,11,25H,9-10,12H2,1-2H3,(H,21,23)(H,22,24). The Balaban J connectivity index is 1.67. The van der Waals surface area contributed by atoms with Crippen molar-refractivity contribution in [2.24, 2.45) is 0 Å². The minimum atomic E-state index is -1.31. The van der Waals surface area contributed by atoms with Gasteiger partial charge in [0.25, 0.3) is 0 Å². The van der Waals surface area contributed by atoms with E-state index in [1.54, 1.807) is 42.5 Å². The van der Waals surface area contributed by atoms with Crippen molar-refractivity contribution in [1.82, 2.24) is 5.32 Å². The lowest BCUT2D eigenvalue weighted by atomic mass is 9.88. The third-order valence-corrected chi connectivity index (χ3v) is 4.56. The van der Waals surface area contributed by atoms with Crippen molar-refractivity contribution >= 4 is 17.5 Å². The van der Waals surface area contributed by atoms with E-state index in [1.807, 2.05) is 0 Å². The molecule has 148 valence electrons. The van der Waals surface area contributed by atoms with Gasteiger partial charge in [0.2, 0.25) is 0 Å². The molecule has 0 radical (unpaired) electrons. The lowest BCUT2D eigenvalue weighted by molar-refractivity contribution is -0.137. The number of anilines is 1. The number of nitrogens with one attached hydrogen (secondary N) is 2. The fraction of sp³-hybridized carbons (Fsp3) is 0.300. The van der Waals surface area contributed by atoms with Crippen LogP contribution >= 0.6 is 0 Å². The zero-order valence-corrected chi connectivity index (χ0v) is 15.7. The van der Waals surface area contributed by atoms with E-state index in [0.29, 0.717) is 41.5 Å². The van der Waals surface area contributed by atoms with E-state index in [0.717, 1.165) is 0 Å². The van der Waals surface area contributed by atoms with E-state index in [9.17, 15) is 14.7 Å². The number of carbonyl (C=O) groups is 2. The van der Waals surface area contributed by atoms with Crippen molar-refractivity contribution in [3.8, 4) is 17.2 Å². The Morgan fingerprint density at radius 1 is 1.14 bits per heavy atom. The highest BCUT2D eigenvalue weighted by atomic mass is 16.5. The minimum Gasteiger partial charge on any atom is -0.497 e. The van der Waals surface area contributed by atoms with Crippen LogP contribution in [-0.4, -0.2) is 44.3 Å². The predicted molar refractivity (Wildman–Crippen MR) is 102 cm³/mol. The van der Waals surface area contributed by atoms with E-state index >= 15 is 0 Å². The summed E-state index contributed by atoms with van der Waals surface area (Å²) >= 11 is 0. The fourth-order valence-corrected chi connectivity index (χ4v) is 3.02. The second-order valence-corrected chi connectivity index (χ2v) is 6.33. The highest BCUT2D eigenvalue weighted by Crippen LogP contribution is 2.36. The molecule has 0 spiro atoms. The summed E-state index contributed by atoms with van der Waals surface area (Å²) in [5.74, 6) is -0.294. The van der Waals surface area contributed by atoms with Gasteiger partial charge < -0.3 is 30.0 Å². The molecule has 0 saturated carbocycles. The van der Waals surface area contributed by atoms with Gasteiger partial charge in [-0.2, -0.15) is 0 Å². The predicted octanol–water partition coefficient (Wildman–Crippen LogP) is 1.43. The number of ether oxygens (including phenoxy) is 3. The van der Waals surface area contributed by atoms with Crippen LogP contribution in [0, 0.1) is 0 Å². The summed E-state index contributed by atoms with van der Waals surface area (Å²) in [7, 11) is 2.95. The maximum Gasteiger partial charge on any atom is 0.313 e. The molecule has 1 heterocycles. The number of carbonyl (C=O) groups excluding carboxylic acids is 2. The molecule has 0 saturated heterocycles. The third-order valence-electron chi connectivity index (χ3n) is 4.56. The number of rotatable bonds is 5. The first kappa shape index (κ1) is 19.5. The van der Waals surface area contributed by atoms with Crippen molar-refractivity contribution in [3.63, 3.8) is 0 Å². The first-order valence-electron chi connectivity index (χ1n) is 8.73. The summed E-state index contributed by atoms with van der Waals surface area (Å²) < 4.78 is 15.8. The van der Waals surface area contributed by atoms with Gasteiger partial charge in [-0.25, -0.2) is 0 Å². The van der Waals surface area contributed by atoms with E-state index in [2.05, 4.69) is 10.6 Å². The lowest BCUT2D eigenvalue weighted by Gasteiger charge is -2.34. The van der Waals surface area contributed by atoms with Gasteiger partial charge in [-0.15, -0.1) is 0 Å². The highest BCUT2D eigenvalue weighted by molar-refractivity contribution is 6.39. The summed E-state index contributed by atoms with van der Waals surface area (Å²) in [6.07, 6.45) is 0.301. The summed E-state index contributed by atoms with van der Waals surface area (Å²) in [5.41, 5.74) is -0.424. The van der Waals surface area contributed by atoms with Gasteiger partial charge in [-0.05, 0) is 18.2 Å². The SMILES string of the molecule is COc1ccc(OC)c(NC(=O)C(=O)NCC2(O)CCOc3ccccc32)c1. The molecule has 3 rings (SSSR count). The van der Waals surface area contributed by atoms with Crippen LogP contribution < -0.4 is 24.8 Å². The number of methoxy groups -OCH3 is 2. The molecule has 8 nitrogen and oxygen atoms in total. The van der Waals surface area contributed by atoms with Crippen molar-refractivity contribution < 1.29 is 28.9 Å². The van der Waals surface area contributed by atoms with E-state index < -0.39 is 17.4 Å². The maximum absolute atomic E-state index is 12.3. The molecule has 2 aromatic rings. The number of fused-ring (bicyclic) bond motifs is 1.